The first-order chi connectivity index (χ1) is 5.11. The molecule has 0 aromatic carbocycles. The van der Waals surface area contributed by atoms with Crippen molar-refractivity contribution in [1.82, 2.24) is 0 Å². The third kappa shape index (κ3) is 3.98. The molecule has 4 heteroatoms. The Morgan fingerprint density at radius 1 is 1.73 bits per heavy atom. The summed E-state index contributed by atoms with van der Waals surface area (Å²) in [5.74, 6) is 0.0630. The van der Waals surface area contributed by atoms with E-state index in [-0.39, 0.29) is 12.3 Å². The number of ether oxygens (including phenoxy) is 1. The zero-order chi connectivity index (χ0) is 8.85. The first-order valence-electron chi connectivity index (χ1n) is 3.40. The van der Waals surface area contributed by atoms with E-state index in [4.69, 9.17) is 15.6 Å². The fraction of sp³-hybridized carbons (Fsp3) is 0.714. The molecular weight excluding hydrogens is 146 g/mol. The largest absolute Gasteiger partial charge is 0.513 e. The Morgan fingerprint density at radius 2 is 2.27 bits per heavy atom. The number of nitrogens with two attached hydrogens (primary N) is 1. The first-order valence-corrected chi connectivity index (χ1v) is 3.40. The monoisotopic (exact) mass is 161 g/mol. The van der Waals surface area contributed by atoms with Crippen molar-refractivity contribution in [3.8, 4) is 0 Å². The lowest BCUT2D eigenvalue weighted by molar-refractivity contribution is 0.0169. The van der Waals surface area contributed by atoms with E-state index >= 15 is 0 Å². The number of allylic oxidation sites excluding steroid dienone is 1. The highest BCUT2D eigenvalue weighted by Gasteiger charge is 2.14. The molecule has 4 nitrogen and oxygen atoms in total. The van der Waals surface area contributed by atoms with E-state index in [2.05, 4.69) is 0 Å². The molecule has 0 amide bonds. The number of hydrogen-bond donors (Lipinski definition) is 3. The zero-order valence-corrected chi connectivity index (χ0v) is 6.82. The highest BCUT2D eigenvalue weighted by molar-refractivity contribution is 4.95. The van der Waals surface area contributed by atoms with Gasteiger partial charge in [-0.05, 0) is 13.0 Å². The van der Waals surface area contributed by atoms with Crippen LogP contribution in [0.15, 0.2) is 11.8 Å². The number of methoxy groups -OCH3 is 1. The molecule has 0 aromatic rings. The molecule has 0 aliphatic rings. The second-order valence-electron chi connectivity index (χ2n) is 2.31. The molecule has 4 N–H and O–H groups in total. The predicted octanol–water partition coefficient (Wildman–Crippen LogP) is -0.217. The summed E-state index contributed by atoms with van der Waals surface area (Å²) in [6, 6.07) is 0. The van der Waals surface area contributed by atoms with Crippen LogP contribution in [-0.2, 0) is 4.74 Å². The van der Waals surface area contributed by atoms with Gasteiger partial charge in [0.05, 0.1) is 11.9 Å². The van der Waals surface area contributed by atoms with Crippen LogP contribution in [0.25, 0.3) is 0 Å². The molecule has 0 aliphatic carbocycles. The van der Waals surface area contributed by atoms with Gasteiger partial charge >= 0.3 is 0 Å². The van der Waals surface area contributed by atoms with Crippen LogP contribution in [0.2, 0.25) is 0 Å². The molecule has 0 aromatic heterocycles. The van der Waals surface area contributed by atoms with Gasteiger partial charge in [-0.15, -0.1) is 0 Å². The lowest BCUT2D eigenvalue weighted by Crippen LogP contribution is -2.33. The zero-order valence-electron chi connectivity index (χ0n) is 6.82. The van der Waals surface area contributed by atoms with Crippen LogP contribution in [0.5, 0.6) is 0 Å². The van der Waals surface area contributed by atoms with Crippen molar-refractivity contribution in [2.75, 3.05) is 13.7 Å². The Hall–Kier alpha value is -0.580. The summed E-state index contributed by atoms with van der Waals surface area (Å²) < 4.78 is 4.83. The van der Waals surface area contributed by atoms with E-state index in [1.807, 2.05) is 0 Å². The van der Waals surface area contributed by atoms with Gasteiger partial charge in [0.15, 0.2) is 0 Å². The Morgan fingerprint density at radius 3 is 2.55 bits per heavy atom. The minimum Gasteiger partial charge on any atom is -0.513 e. The second kappa shape index (κ2) is 5.12. The standard InChI is InChI=1S/C7H15NO3/c1-5(9)3-6(10)7(4-8)11-2/h3,6-7,9-10H,4,8H2,1-2H3/b5-3+/t6-,7?/m1/s1. The van der Waals surface area contributed by atoms with E-state index in [1.54, 1.807) is 0 Å². The summed E-state index contributed by atoms with van der Waals surface area (Å²) in [6.45, 7) is 1.70. The molecule has 0 saturated heterocycles. The summed E-state index contributed by atoms with van der Waals surface area (Å²) in [4.78, 5) is 0. The normalized spacial score (nSPS) is 18.0. The maximum absolute atomic E-state index is 9.24. The van der Waals surface area contributed by atoms with Crippen LogP contribution in [0.3, 0.4) is 0 Å². The van der Waals surface area contributed by atoms with E-state index in [0.29, 0.717) is 0 Å². The maximum Gasteiger partial charge on any atom is 0.103 e. The van der Waals surface area contributed by atoms with Gasteiger partial charge in [-0.2, -0.15) is 0 Å². The molecule has 0 saturated carbocycles. The molecule has 0 radical (unpaired) electrons. The van der Waals surface area contributed by atoms with Crippen LogP contribution in [0.1, 0.15) is 6.92 Å². The van der Waals surface area contributed by atoms with Crippen molar-refractivity contribution in [3.05, 3.63) is 11.8 Å². The predicted molar refractivity (Wildman–Crippen MR) is 42.2 cm³/mol. The van der Waals surface area contributed by atoms with E-state index in [0.717, 1.165) is 0 Å². The van der Waals surface area contributed by atoms with Gasteiger partial charge in [0, 0.05) is 13.7 Å². The van der Waals surface area contributed by atoms with Gasteiger partial charge < -0.3 is 20.7 Å². The molecule has 0 aliphatic heterocycles. The van der Waals surface area contributed by atoms with Crippen molar-refractivity contribution in [2.45, 2.75) is 19.1 Å². The van der Waals surface area contributed by atoms with Crippen molar-refractivity contribution < 1.29 is 14.9 Å². The van der Waals surface area contributed by atoms with Gasteiger partial charge in [-0.25, -0.2) is 0 Å². The van der Waals surface area contributed by atoms with E-state index < -0.39 is 12.2 Å². The van der Waals surface area contributed by atoms with Crippen LogP contribution in [-0.4, -0.2) is 36.1 Å². The molecule has 0 spiro atoms. The summed E-state index contributed by atoms with van der Waals surface area (Å²) in [7, 11) is 1.46. The van der Waals surface area contributed by atoms with Crippen LogP contribution < -0.4 is 5.73 Å². The van der Waals surface area contributed by atoms with Crippen molar-refractivity contribution in [3.63, 3.8) is 0 Å². The van der Waals surface area contributed by atoms with Gasteiger partial charge in [0.25, 0.3) is 0 Å². The molecule has 0 fully saturated rings. The van der Waals surface area contributed by atoms with Crippen LogP contribution in [0.4, 0.5) is 0 Å². The first kappa shape index (κ1) is 10.4. The molecule has 0 bridgehead atoms. The minimum absolute atomic E-state index is 0.0630. The van der Waals surface area contributed by atoms with Gasteiger partial charge in [-0.1, -0.05) is 0 Å². The number of aliphatic hydroxyl groups excluding tert-OH is 2. The second-order valence-corrected chi connectivity index (χ2v) is 2.31. The molecular formula is C7H15NO3. The molecule has 0 heterocycles. The minimum atomic E-state index is -0.838. The molecule has 11 heavy (non-hydrogen) atoms. The van der Waals surface area contributed by atoms with Gasteiger partial charge in [0.2, 0.25) is 0 Å². The summed E-state index contributed by atoms with van der Waals surface area (Å²) in [6.07, 6.45) is 0.00759. The van der Waals surface area contributed by atoms with E-state index in [1.165, 1.54) is 20.1 Å². The quantitative estimate of drug-likeness (QED) is 0.498. The average Bonchev–Trinajstić information content (AvgIpc) is 1.88. The highest BCUT2D eigenvalue weighted by Crippen LogP contribution is 2.00. The van der Waals surface area contributed by atoms with E-state index in [9.17, 15) is 5.11 Å². The third-order valence-electron chi connectivity index (χ3n) is 1.33. The summed E-state index contributed by atoms with van der Waals surface area (Å²) >= 11 is 0. The van der Waals surface area contributed by atoms with Crippen molar-refractivity contribution in [2.24, 2.45) is 5.73 Å². The smallest absolute Gasteiger partial charge is 0.103 e. The summed E-state index contributed by atoms with van der Waals surface area (Å²) in [5, 5.41) is 18.0. The highest BCUT2D eigenvalue weighted by atomic mass is 16.5. The lowest BCUT2D eigenvalue weighted by Gasteiger charge is -2.16. The number of rotatable bonds is 4. The molecule has 2 atom stereocenters. The topological polar surface area (TPSA) is 75.7 Å². The number of hydrogen-bond acceptors (Lipinski definition) is 4. The Labute approximate surface area is 66.3 Å². The van der Waals surface area contributed by atoms with Gasteiger partial charge in [-0.3, -0.25) is 0 Å². The fourth-order valence-corrected chi connectivity index (χ4v) is 0.730. The Kier molecular flexibility index (Phi) is 4.85. The molecule has 66 valence electrons. The summed E-state index contributed by atoms with van der Waals surface area (Å²) in [5.41, 5.74) is 5.26. The van der Waals surface area contributed by atoms with Gasteiger partial charge in [0.1, 0.15) is 6.10 Å². The van der Waals surface area contributed by atoms with Crippen LogP contribution in [0, 0.1) is 0 Å². The van der Waals surface area contributed by atoms with Crippen molar-refractivity contribution >= 4 is 0 Å². The lowest BCUT2D eigenvalue weighted by atomic mass is 10.2. The number of aliphatic hydroxyl groups is 2. The van der Waals surface area contributed by atoms with Crippen LogP contribution >= 0.6 is 0 Å². The Balaban J connectivity index is 3.98. The average molecular weight is 161 g/mol. The SMILES string of the molecule is COC(CN)[C@H](O)/C=C(\C)O. The van der Waals surface area contributed by atoms with Crippen molar-refractivity contribution in [1.29, 1.82) is 0 Å². The third-order valence-corrected chi connectivity index (χ3v) is 1.33. The maximum atomic E-state index is 9.24. The molecule has 1 unspecified atom stereocenters. The fourth-order valence-electron chi connectivity index (χ4n) is 0.730. The molecule has 0 rings (SSSR count). The Bertz CT molecular complexity index is 128.